The number of hydrogen-bond donors (Lipinski definition) is 2. The van der Waals surface area contributed by atoms with E-state index in [2.05, 4.69) is 0 Å². The molecule has 0 spiro atoms. The van der Waals surface area contributed by atoms with Gasteiger partial charge in [0.15, 0.2) is 0 Å². The van der Waals surface area contributed by atoms with Crippen LogP contribution in [0, 0.1) is 5.41 Å². The molecule has 0 radical (unpaired) electrons. The van der Waals surface area contributed by atoms with E-state index in [1.54, 1.807) is 0 Å². The Hall–Kier alpha value is -0.160. The molecule has 0 saturated carbocycles. The van der Waals surface area contributed by atoms with E-state index in [4.69, 9.17) is 19.7 Å². The topological polar surface area (TPSA) is 58.9 Å². The van der Waals surface area contributed by atoms with Crippen molar-refractivity contribution in [1.29, 1.82) is 0 Å². The first-order valence-electron chi connectivity index (χ1n) is 4.49. The van der Waals surface area contributed by atoms with Crippen LogP contribution in [0.5, 0.6) is 0 Å². The summed E-state index contributed by atoms with van der Waals surface area (Å²) in [5, 5.41) is 17.0. The van der Waals surface area contributed by atoms with E-state index in [0.717, 1.165) is 0 Å². The molecule has 0 fully saturated rings. The fraction of sp³-hybridized carbons (Fsp3) is 1.00. The first-order valence-corrected chi connectivity index (χ1v) is 4.49. The van der Waals surface area contributed by atoms with Crippen LogP contribution in [0.4, 0.5) is 0 Å². The van der Waals surface area contributed by atoms with E-state index in [1.807, 2.05) is 13.8 Å². The van der Waals surface area contributed by atoms with Gasteiger partial charge in [0.25, 0.3) is 0 Å². The first kappa shape index (κ1) is 12.8. The molecule has 0 amide bonds. The van der Waals surface area contributed by atoms with Gasteiger partial charge in [0.05, 0.1) is 39.6 Å². The molecule has 0 heterocycles. The normalized spacial score (nSPS) is 12.0. The standard InChI is InChI=1S/C9H20O4/c1-9(2,7-12-5-3-10)8-13-6-4-11/h10-11H,3-8H2,1-2H3. The van der Waals surface area contributed by atoms with Gasteiger partial charge in [-0.1, -0.05) is 13.8 Å². The van der Waals surface area contributed by atoms with E-state index in [1.165, 1.54) is 0 Å². The molecule has 0 rings (SSSR count). The van der Waals surface area contributed by atoms with Gasteiger partial charge in [-0.25, -0.2) is 0 Å². The third-order valence-electron chi connectivity index (χ3n) is 1.46. The van der Waals surface area contributed by atoms with Crippen molar-refractivity contribution in [2.75, 3.05) is 39.6 Å². The van der Waals surface area contributed by atoms with Gasteiger partial charge >= 0.3 is 0 Å². The van der Waals surface area contributed by atoms with Crippen molar-refractivity contribution in [3.63, 3.8) is 0 Å². The molecule has 0 aromatic rings. The molecule has 0 aliphatic rings. The van der Waals surface area contributed by atoms with Crippen LogP contribution in [-0.2, 0) is 9.47 Å². The van der Waals surface area contributed by atoms with E-state index >= 15 is 0 Å². The minimum absolute atomic E-state index is 0.0492. The average Bonchev–Trinajstić information content (AvgIpc) is 2.05. The Morgan fingerprint density at radius 2 is 1.31 bits per heavy atom. The maximum absolute atomic E-state index is 8.49. The molecular formula is C9H20O4. The van der Waals surface area contributed by atoms with Crippen molar-refractivity contribution in [1.82, 2.24) is 0 Å². The number of aliphatic hydroxyl groups excluding tert-OH is 2. The Morgan fingerprint density at radius 1 is 0.923 bits per heavy atom. The summed E-state index contributed by atoms with van der Waals surface area (Å²) in [7, 11) is 0. The minimum Gasteiger partial charge on any atom is -0.394 e. The number of hydrogen-bond acceptors (Lipinski definition) is 4. The summed E-state index contributed by atoms with van der Waals surface area (Å²) in [6.07, 6.45) is 0. The predicted octanol–water partition coefficient (Wildman–Crippen LogP) is 0.0304. The van der Waals surface area contributed by atoms with Gasteiger partial charge in [0.1, 0.15) is 0 Å². The van der Waals surface area contributed by atoms with E-state index in [-0.39, 0.29) is 18.6 Å². The van der Waals surface area contributed by atoms with Crippen molar-refractivity contribution in [3.05, 3.63) is 0 Å². The Labute approximate surface area is 79.5 Å². The van der Waals surface area contributed by atoms with Crippen LogP contribution in [0.3, 0.4) is 0 Å². The van der Waals surface area contributed by atoms with Crippen molar-refractivity contribution in [3.8, 4) is 0 Å². The molecule has 0 atom stereocenters. The lowest BCUT2D eigenvalue weighted by atomic mass is 9.96. The third-order valence-corrected chi connectivity index (χ3v) is 1.46. The van der Waals surface area contributed by atoms with Gasteiger partial charge in [0.2, 0.25) is 0 Å². The van der Waals surface area contributed by atoms with E-state index < -0.39 is 0 Å². The van der Waals surface area contributed by atoms with Crippen molar-refractivity contribution < 1.29 is 19.7 Å². The van der Waals surface area contributed by atoms with Gasteiger partial charge in [-0.15, -0.1) is 0 Å². The smallest absolute Gasteiger partial charge is 0.0697 e. The molecule has 80 valence electrons. The average molecular weight is 192 g/mol. The number of aliphatic hydroxyl groups is 2. The van der Waals surface area contributed by atoms with Gasteiger partial charge < -0.3 is 19.7 Å². The second-order valence-electron chi connectivity index (χ2n) is 3.72. The van der Waals surface area contributed by atoms with Gasteiger partial charge in [-0.3, -0.25) is 0 Å². The predicted molar refractivity (Wildman–Crippen MR) is 49.6 cm³/mol. The van der Waals surface area contributed by atoms with Crippen LogP contribution in [0.1, 0.15) is 13.8 Å². The van der Waals surface area contributed by atoms with Crippen LogP contribution in [0.2, 0.25) is 0 Å². The van der Waals surface area contributed by atoms with Crippen LogP contribution in [0.15, 0.2) is 0 Å². The van der Waals surface area contributed by atoms with Crippen LogP contribution in [0.25, 0.3) is 0 Å². The van der Waals surface area contributed by atoms with Crippen LogP contribution in [-0.4, -0.2) is 49.9 Å². The minimum atomic E-state index is -0.0651. The summed E-state index contributed by atoms with van der Waals surface area (Å²) in [5.74, 6) is 0. The van der Waals surface area contributed by atoms with Gasteiger partial charge in [-0.05, 0) is 0 Å². The molecule has 0 aliphatic heterocycles. The molecule has 0 saturated heterocycles. The molecule has 0 aromatic heterocycles. The zero-order chi connectivity index (χ0) is 10.2. The summed E-state index contributed by atoms with van der Waals surface area (Å²) < 4.78 is 10.4. The fourth-order valence-electron chi connectivity index (χ4n) is 0.868. The highest BCUT2D eigenvalue weighted by atomic mass is 16.5. The summed E-state index contributed by atoms with van der Waals surface area (Å²) in [4.78, 5) is 0. The maximum atomic E-state index is 8.49. The number of rotatable bonds is 8. The molecule has 13 heavy (non-hydrogen) atoms. The van der Waals surface area contributed by atoms with Crippen molar-refractivity contribution >= 4 is 0 Å². The van der Waals surface area contributed by atoms with Crippen LogP contribution < -0.4 is 0 Å². The summed E-state index contributed by atoms with van der Waals surface area (Å²) in [5.41, 5.74) is -0.0651. The highest BCUT2D eigenvalue weighted by Crippen LogP contribution is 2.15. The monoisotopic (exact) mass is 192 g/mol. The SMILES string of the molecule is CC(C)(COCCO)COCCO. The highest BCUT2D eigenvalue weighted by molar-refractivity contribution is 4.66. The molecule has 0 unspecified atom stereocenters. The quantitative estimate of drug-likeness (QED) is 0.533. The lowest BCUT2D eigenvalue weighted by molar-refractivity contribution is -0.0188. The Bertz CT molecular complexity index is 102. The Kier molecular flexibility index (Phi) is 7.17. The molecule has 4 nitrogen and oxygen atoms in total. The largest absolute Gasteiger partial charge is 0.394 e. The molecule has 0 bridgehead atoms. The van der Waals surface area contributed by atoms with E-state index in [0.29, 0.717) is 26.4 Å². The molecular weight excluding hydrogens is 172 g/mol. The fourth-order valence-corrected chi connectivity index (χ4v) is 0.868. The summed E-state index contributed by atoms with van der Waals surface area (Å²) in [6, 6.07) is 0. The van der Waals surface area contributed by atoms with Crippen LogP contribution >= 0.6 is 0 Å². The first-order chi connectivity index (χ1) is 6.12. The van der Waals surface area contributed by atoms with Gasteiger partial charge in [0, 0.05) is 5.41 Å². The van der Waals surface area contributed by atoms with Crippen molar-refractivity contribution in [2.45, 2.75) is 13.8 Å². The molecule has 0 aliphatic carbocycles. The third kappa shape index (κ3) is 8.18. The Balaban J connectivity index is 3.42. The Morgan fingerprint density at radius 3 is 1.62 bits per heavy atom. The second-order valence-corrected chi connectivity index (χ2v) is 3.72. The van der Waals surface area contributed by atoms with E-state index in [9.17, 15) is 0 Å². The molecule has 4 heteroatoms. The summed E-state index contributed by atoms with van der Waals surface area (Å²) in [6.45, 7) is 5.97. The zero-order valence-electron chi connectivity index (χ0n) is 8.45. The highest BCUT2D eigenvalue weighted by Gasteiger charge is 2.18. The second kappa shape index (κ2) is 7.26. The molecule has 2 N–H and O–H groups in total. The van der Waals surface area contributed by atoms with Crippen molar-refractivity contribution in [2.24, 2.45) is 5.41 Å². The molecule has 0 aromatic carbocycles. The van der Waals surface area contributed by atoms with Gasteiger partial charge in [-0.2, -0.15) is 0 Å². The lowest BCUT2D eigenvalue weighted by Crippen LogP contribution is -2.26. The number of ether oxygens (including phenoxy) is 2. The zero-order valence-corrected chi connectivity index (χ0v) is 8.45. The summed E-state index contributed by atoms with van der Waals surface area (Å²) >= 11 is 0. The lowest BCUT2D eigenvalue weighted by Gasteiger charge is -2.23. The maximum Gasteiger partial charge on any atom is 0.0697 e.